The fourth-order valence-corrected chi connectivity index (χ4v) is 3.61. The summed E-state index contributed by atoms with van der Waals surface area (Å²) in [4.78, 5) is 2.50. The van der Waals surface area contributed by atoms with Gasteiger partial charge in [-0.25, -0.2) is 0 Å². The molecule has 0 saturated carbocycles. The molecule has 0 radical (unpaired) electrons. The Hall–Kier alpha value is -0.900. The topological polar surface area (TPSA) is 21.7 Å². The molecule has 110 valence electrons. The molecule has 2 heterocycles. The molecule has 2 saturated heterocycles. The van der Waals surface area contributed by atoms with Crippen LogP contribution in [0.1, 0.15) is 23.1 Å². The SMILES string of the molecule is COC[C@@H]1CCOC12CN(Cc1cc(C)ccc1C)C2. The van der Waals surface area contributed by atoms with Crippen molar-refractivity contribution in [3.63, 3.8) is 0 Å². The second kappa shape index (κ2) is 5.47. The van der Waals surface area contributed by atoms with E-state index in [9.17, 15) is 0 Å². The van der Waals surface area contributed by atoms with Crippen LogP contribution in [0.2, 0.25) is 0 Å². The van der Waals surface area contributed by atoms with E-state index in [1.807, 2.05) is 0 Å². The maximum absolute atomic E-state index is 6.04. The van der Waals surface area contributed by atoms with E-state index in [1.54, 1.807) is 7.11 Å². The highest BCUT2D eigenvalue weighted by Gasteiger charge is 2.52. The molecular weight excluding hydrogens is 250 g/mol. The summed E-state index contributed by atoms with van der Waals surface area (Å²) in [5, 5.41) is 0. The lowest BCUT2D eigenvalue weighted by atomic mass is 9.81. The third-order valence-electron chi connectivity index (χ3n) is 4.85. The average molecular weight is 275 g/mol. The third kappa shape index (κ3) is 2.50. The van der Waals surface area contributed by atoms with Crippen LogP contribution in [0, 0.1) is 19.8 Å². The lowest BCUT2D eigenvalue weighted by molar-refractivity contribution is -0.143. The van der Waals surface area contributed by atoms with Crippen LogP contribution in [0.15, 0.2) is 18.2 Å². The van der Waals surface area contributed by atoms with Gasteiger partial charge in [-0.15, -0.1) is 0 Å². The van der Waals surface area contributed by atoms with Crippen LogP contribution >= 0.6 is 0 Å². The lowest BCUT2D eigenvalue weighted by Crippen LogP contribution is -2.64. The molecule has 0 N–H and O–H groups in total. The molecule has 2 aliphatic heterocycles. The summed E-state index contributed by atoms with van der Waals surface area (Å²) in [7, 11) is 1.79. The summed E-state index contributed by atoms with van der Waals surface area (Å²) in [5.74, 6) is 0.572. The van der Waals surface area contributed by atoms with Gasteiger partial charge in [0.15, 0.2) is 0 Å². The van der Waals surface area contributed by atoms with Gasteiger partial charge >= 0.3 is 0 Å². The van der Waals surface area contributed by atoms with Crippen molar-refractivity contribution < 1.29 is 9.47 Å². The van der Waals surface area contributed by atoms with Crippen LogP contribution in [0.4, 0.5) is 0 Å². The number of benzene rings is 1. The number of nitrogens with zero attached hydrogens (tertiary/aromatic N) is 1. The van der Waals surface area contributed by atoms with Crippen molar-refractivity contribution in [2.45, 2.75) is 32.4 Å². The van der Waals surface area contributed by atoms with Gasteiger partial charge in [0, 0.05) is 39.3 Å². The Morgan fingerprint density at radius 1 is 1.35 bits per heavy atom. The van der Waals surface area contributed by atoms with Crippen LogP contribution in [0.3, 0.4) is 0 Å². The van der Waals surface area contributed by atoms with Gasteiger partial charge in [0.2, 0.25) is 0 Å². The van der Waals surface area contributed by atoms with Crippen molar-refractivity contribution in [2.24, 2.45) is 5.92 Å². The molecule has 0 aliphatic carbocycles. The highest BCUT2D eigenvalue weighted by atomic mass is 16.5. The Bertz CT molecular complexity index is 480. The Balaban J connectivity index is 1.61. The summed E-state index contributed by atoms with van der Waals surface area (Å²) in [6.07, 6.45) is 1.14. The predicted octanol–water partition coefficient (Wildman–Crippen LogP) is 2.54. The van der Waals surface area contributed by atoms with Crippen LogP contribution in [-0.2, 0) is 16.0 Å². The molecular formula is C17H25NO2. The number of aryl methyl sites for hydroxylation is 2. The first kappa shape index (κ1) is 14.1. The molecule has 1 aromatic rings. The predicted molar refractivity (Wildman–Crippen MR) is 79.9 cm³/mol. The first-order valence-electron chi connectivity index (χ1n) is 7.54. The monoisotopic (exact) mass is 275 g/mol. The van der Waals surface area contributed by atoms with E-state index in [4.69, 9.17) is 9.47 Å². The molecule has 2 aliphatic rings. The fraction of sp³-hybridized carbons (Fsp3) is 0.647. The van der Waals surface area contributed by atoms with E-state index in [2.05, 4.69) is 36.9 Å². The molecule has 0 bridgehead atoms. The number of likely N-dealkylation sites (tertiary alicyclic amines) is 1. The van der Waals surface area contributed by atoms with E-state index in [-0.39, 0.29) is 5.60 Å². The van der Waals surface area contributed by atoms with Gasteiger partial charge in [-0.3, -0.25) is 4.90 Å². The average Bonchev–Trinajstić information content (AvgIpc) is 2.78. The Morgan fingerprint density at radius 3 is 2.90 bits per heavy atom. The molecule has 0 amide bonds. The van der Waals surface area contributed by atoms with Gasteiger partial charge in [0.05, 0.1) is 12.2 Å². The highest BCUT2D eigenvalue weighted by molar-refractivity contribution is 5.30. The maximum Gasteiger partial charge on any atom is 0.0985 e. The molecule has 3 heteroatoms. The molecule has 1 aromatic carbocycles. The molecule has 2 fully saturated rings. The lowest BCUT2D eigenvalue weighted by Gasteiger charge is -2.50. The number of rotatable bonds is 4. The summed E-state index contributed by atoms with van der Waals surface area (Å²) in [6, 6.07) is 6.72. The Kier molecular flexibility index (Phi) is 3.85. The molecule has 1 atom stereocenters. The quantitative estimate of drug-likeness (QED) is 0.843. The molecule has 20 heavy (non-hydrogen) atoms. The van der Waals surface area contributed by atoms with Gasteiger partial charge in [-0.1, -0.05) is 23.8 Å². The summed E-state index contributed by atoms with van der Waals surface area (Å²) in [6.45, 7) is 9.23. The summed E-state index contributed by atoms with van der Waals surface area (Å²) >= 11 is 0. The number of methoxy groups -OCH3 is 1. The fourth-order valence-electron chi connectivity index (χ4n) is 3.61. The number of hydrogen-bond acceptors (Lipinski definition) is 3. The van der Waals surface area contributed by atoms with Gasteiger partial charge in [-0.05, 0) is 31.4 Å². The normalized spacial score (nSPS) is 25.1. The van der Waals surface area contributed by atoms with Crippen LogP contribution < -0.4 is 0 Å². The van der Waals surface area contributed by atoms with Crippen molar-refractivity contribution >= 4 is 0 Å². The van der Waals surface area contributed by atoms with Gasteiger partial charge in [0.1, 0.15) is 0 Å². The van der Waals surface area contributed by atoms with Crippen molar-refractivity contribution in [3.8, 4) is 0 Å². The molecule has 0 unspecified atom stereocenters. The van der Waals surface area contributed by atoms with Crippen molar-refractivity contribution in [1.82, 2.24) is 4.90 Å². The van der Waals surface area contributed by atoms with Crippen LogP contribution in [0.25, 0.3) is 0 Å². The van der Waals surface area contributed by atoms with Crippen LogP contribution in [-0.4, -0.2) is 43.9 Å². The second-order valence-electron chi connectivity index (χ2n) is 6.43. The van der Waals surface area contributed by atoms with Crippen molar-refractivity contribution in [2.75, 3.05) is 33.4 Å². The number of ether oxygens (including phenoxy) is 2. The smallest absolute Gasteiger partial charge is 0.0985 e. The van der Waals surface area contributed by atoms with E-state index in [0.29, 0.717) is 5.92 Å². The Labute approximate surface area is 121 Å². The van der Waals surface area contributed by atoms with E-state index in [1.165, 1.54) is 16.7 Å². The third-order valence-corrected chi connectivity index (χ3v) is 4.85. The molecule has 1 spiro atoms. The van der Waals surface area contributed by atoms with Crippen molar-refractivity contribution in [3.05, 3.63) is 34.9 Å². The zero-order valence-corrected chi connectivity index (χ0v) is 12.8. The highest BCUT2D eigenvalue weighted by Crippen LogP contribution is 2.40. The largest absolute Gasteiger partial charge is 0.384 e. The second-order valence-corrected chi connectivity index (χ2v) is 6.43. The number of hydrogen-bond donors (Lipinski definition) is 0. The Morgan fingerprint density at radius 2 is 2.15 bits per heavy atom. The van der Waals surface area contributed by atoms with Gasteiger partial charge < -0.3 is 9.47 Å². The molecule has 3 rings (SSSR count). The summed E-state index contributed by atoms with van der Waals surface area (Å²) in [5.41, 5.74) is 4.25. The van der Waals surface area contributed by atoms with E-state index in [0.717, 1.165) is 39.3 Å². The minimum Gasteiger partial charge on any atom is -0.384 e. The zero-order valence-electron chi connectivity index (χ0n) is 12.8. The maximum atomic E-state index is 6.04. The molecule has 3 nitrogen and oxygen atoms in total. The van der Waals surface area contributed by atoms with Gasteiger partial charge in [-0.2, -0.15) is 0 Å². The zero-order chi connectivity index (χ0) is 14.2. The summed E-state index contributed by atoms with van der Waals surface area (Å²) < 4.78 is 11.4. The van der Waals surface area contributed by atoms with Gasteiger partial charge in [0.25, 0.3) is 0 Å². The van der Waals surface area contributed by atoms with Crippen LogP contribution in [0.5, 0.6) is 0 Å². The first-order chi connectivity index (χ1) is 9.63. The standard InChI is InChI=1S/C17H25NO2/c1-13-4-5-14(2)15(8-13)9-18-11-17(12-18)16(10-19-3)6-7-20-17/h4-5,8,16H,6-7,9-12H2,1-3H3/t16-/m0/s1. The first-order valence-corrected chi connectivity index (χ1v) is 7.54. The minimum absolute atomic E-state index is 0.0771. The van der Waals surface area contributed by atoms with Crippen molar-refractivity contribution in [1.29, 1.82) is 0 Å². The molecule has 0 aromatic heterocycles. The van der Waals surface area contributed by atoms with E-state index < -0.39 is 0 Å². The minimum atomic E-state index is 0.0771. The van der Waals surface area contributed by atoms with E-state index >= 15 is 0 Å².